The Labute approximate surface area is 150 Å². The summed E-state index contributed by atoms with van der Waals surface area (Å²) in [5.74, 6) is 2.97. The van der Waals surface area contributed by atoms with E-state index in [1.165, 1.54) is 6.42 Å². The SMILES string of the molecule is CC1CC1c1ccc(/C=C/C(=O)N(C)Cc2nc3ccccc3s2)o1. The highest BCUT2D eigenvalue weighted by atomic mass is 32.1. The lowest BCUT2D eigenvalue weighted by atomic mass is 10.3. The lowest BCUT2D eigenvalue weighted by molar-refractivity contribution is -0.125. The number of likely N-dealkylation sites (N-methyl/N-ethyl adjacent to an activating group) is 1. The first-order chi connectivity index (χ1) is 12.1. The first-order valence-corrected chi connectivity index (χ1v) is 9.29. The second-order valence-corrected chi connectivity index (χ2v) is 7.78. The number of carbonyl (C=O) groups excluding carboxylic acids is 1. The molecule has 0 bridgehead atoms. The Morgan fingerprint density at radius 3 is 2.92 bits per heavy atom. The molecule has 5 heteroatoms. The molecule has 0 radical (unpaired) electrons. The Morgan fingerprint density at radius 1 is 1.36 bits per heavy atom. The van der Waals surface area contributed by atoms with Gasteiger partial charge >= 0.3 is 0 Å². The summed E-state index contributed by atoms with van der Waals surface area (Å²) >= 11 is 1.62. The maximum absolute atomic E-state index is 12.3. The van der Waals surface area contributed by atoms with E-state index in [2.05, 4.69) is 11.9 Å². The number of carbonyl (C=O) groups is 1. The average Bonchev–Trinajstić information content (AvgIpc) is 3.01. The van der Waals surface area contributed by atoms with Gasteiger partial charge in [0.2, 0.25) is 5.91 Å². The molecule has 1 aromatic carbocycles. The molecule has 2 heterocycles. The lowest BCUT2D eigenvalue weighted by Crippen LogP contribution is -2.23. The van der Waals surface area contributed by atoms with Crippen LogP contribution < -0.4 is 0 Å². The number of benzene rings is 1. The van der Waals surface area contributed by atoms with Crippen molar-refractivity contribution in [2.24, 2.45) is 5.92 Å². The zero-order chi connectivity index (χ0) is 17.4. The number of rotatable bonds is 5. The maximum Gasteiger partial charge on any atom is 0.246 e. The van der Waals surface area contributed by atoms with Crippen LogP contribution in [0.5, 0.6) is 0 Å². The van der Waals surface area contributed by atoms with Crippen LogP contribution in [0.4, 0.5) is 0 Å². The predicted molar refractivity (Wildman–Crippen MR) is 100 cm³/mol. The van der Waals surface area contributed by atoms with Gasteiger partial charge in [0.1, 0.15) is 16.5 Å². The fraction of sp³-hybridized carbons (Fsp3) is 0.300. The van der Waals surface area contributed by atoms with Crippen LogP contribution in [0.3, 0.4) is 0 Å². The minimum atomic E-state index is -0.0583. The fourth-order valence-electron chi connectivity index (χ4n) is 2.92. The molecule has 0 spiro atoms. The van der Waals surface area contributed by atoms with Gasteiger partial charge in [-0.05, 0) is 42.7 Å². The molecule has 4 nitrogen and oxygen atoms in total. The van der Waals surface area contributed by atoms with Crippen LogP contribution in [0.25, 0.3) is 16.3 Å². The number of thiazole rings is 1. The van der Waals surface area contributed by atoms with Crippen LogP contribution in [0.2, 0.25) is 0 Å². The van der Waals surface area contributed by atoms with E-state index in [-0.39, 0.29) is 5.91 Å². The molecule has 2 aromatic heterocycles. The average molecular weight is 352 g/mol. The Kier molecular flexibility index (Phi) is 4.17. The maximum atomic E-state index is 12.3. The van der Waals surface area contributed by atoms with Gasteiger partial charge in [0.25, 0.3) is 0 Å². The largest absolute Gasteiger partial charge is 0.461 e. The number of hydrogen-bond donors (Lipinski definition) is 0. The van der Waals surface area contributed by atoms with Crippen molar-refractivity contribution in [2.75, 3.05) is 7.05 Å². The number of amides is 1. The highest BCUT2D eigenvalue weighted by molar-refractivity contribution is 7.18. The van der Waals surface area contributed by atoms with Gasteiger partial charge in [0, 0.05) is 19.0 Å². The van der Waals surface area contributed by atoms with Crippen molar-refractivity contribution in [3.8, 4) is 0 Å². The van der Waals surface area contributed by atoms with Gasteiger partial charge < -0.3 is 9.32 Å². The molecule has 3 aromatic rings. The number of fused-ring (bicyclic) bond motifs is 1. The summed E-state index contributed by atoms with van der Waals surface area (Å²) in [6.07, 6.45) is 4.50. The van der Waals surface area contributed by atoms with Gasteiger partial charge in [-0.15, -0.1) is 11.3 Å². The first-order valence-electron chi connectivity index (χ1n) is 8.47. The normalized spacial score (nSPS) is 19.6. The van der Waals surface area contributed by atoms with Crippen molar-refractivity contribution < 1.29 is 9.21 Å². The standard InChI is InChI=1S/C20H20N2O2S/c1-13-11-15(13)17-9-7-14(24-17)8-10-20(23)22(2)12-19-21-16-5-3-4-6-18(16)25-19/h3-10,13,15H,11-12H2,1-2H3/b10-8+. The van der Waals surface area contributed by atoms with Crippen molar-refractivity contribution in [3.63, 3.8) is 0 Å². The molecule has 4 rings (SSSR count). The van der Waals surface area contributed by atoms with Gasteiger partial charge in [-0.3, -0.25) is 4.79 Å². The Balaban J connectivity index is 1.38. The van der Waals surface area contributed by atoms with Gasteiger partial charge in [0.15, 0.2) is 0 Å². The molecule has 128 valence electrons. The highest BCUT2D eigenvalue weighted by Gasteiger charge is 2.36. The van der Waals surface area contributed by atoms with Gasteiger partial charge in [-0.1, -0.05) is 19.1 Å². The van der Waals surface area contributed by atoms with Crippen LogP contribution >= 0.6 is 11.3 Å². The number of nitrogens with zero attached hydrogens (tertiary/aromatic N) is 2. The highest BCUT2D eigenvalue weighted by Crippen LogP contribution is 2.47. The van der Waals surface area contributed by atoms with E-state index in [1.54, 1.807) is 35.4 Å². The van der Waals surface area contributed by atoms with E-state index < -0.39 is 0 Å². The van der Waals surface area contributed by atoms with E-state index in [9.17, 15) is 4.79 Å². The second-order valence-electron chi connectivity index (χ2n) is 6.66. The van der Waals surface area contributed by atoms with Gasteiger partial charge in [0.05, 0.1) is 16.8 Å². The second kappa shape index (κ2) is 6.48. The minimum Gasteiger partial charge on any atom is -0.461 e. The predicted octanol–water partition coefficient (Wildman–Crippen LogP) is 4.68. The lowest BCUT2D eigenvalue weighted by Gasteiger charge is -2.12. The summed E-state index contributed by atoms with van der Waals surface area (Å²) in [6.45, 7) is 2.73. The molecule has 1 aliphatic carbocycles. The number of aromatic nitrogens is 1. The minimum absolute atomic E-state index is 0.0583. The van der Waals surface area contributed by atoms with Gasteiger partial charge in [-0.25, -0.2) is 4.98 Å². The van der Waals surface area contributed by atoms with E-state index in [0.717, 1.165) is 26.7 Å². The molecular formula is C20H20N2O2S. The molecular weight excluding hydrogens is 332 g/mol. The Hall–Kier alpha value is -2.40. The molecule has 2 atom stereocenters. The van der Waals surface area contributed by atoms with Crippen LogP contribution in [-0.2, 0) is 11.3 Å². The fourth-order valence-corrected chi connectivity index (χ4v) is 3.95. The molecule has 0 saturated heterocycles. The Morgan fingerprint density at radius 2 is 2.16 bits per heavy atom. The summed E-state index contributed by atoms with van der Waals surface area (Å²) in [7, 11) is 1.79. The zero-order valence-corrected chi connectivity index (χ0v) is 15.1. The quantitative estimate of drug-likeness (QED) is 0.626. The van der Waals surface area contributed by atoms with Crippen LogP contribution in [0, 0.1) is 5.92 Å². The Bertz CT molecular complexity index is 907. The molecule has 1 fully saturated rings. The summed E-state index contributed by atoms with van der Waals surface area (Å²) in [5, 5.41) is 0.938. The molecule has 2 unspecified atom stereocenters. The van der Waals surface area contributed by atoms with Crippen molar-refractivity contribution in [1.29, 1.82) is 0 Å². The van der Waals surface area contributed by atoms with Crippen molar-refractivity contribution in [3.05, 3.63) is 59.0 Å². The summed E-state index contributed by atoms with van der Waals surface area (Å²) < 4.78 is 6.94. The third-order valence-corrected chi connectivity index (χ3v) is 5.62. The molecule has 1 amide bonds. The van der Waals surface area contributed by atoms with E-state index in [1.807, 2.05) is 36.4 Å². The molecule has 25 heavy (non-hydrogen) atoms. The molecule has 1 aliphatic rings. The number of furan rings is 1. The molecule has 1 saturated carbocycles. The first kappa shape index (κ1) is 16.1. The topological polar surface area (TPSA) is 46.3 Å². The van der Waals surface area contributed by atoms with Gasteiger partial charge in [-0.2, -0.15) is 0 Å². The van der Waals surface area contributed by atoms with Crippen molar-refractivity contribution in [2.45, 2.75) is 25.8 Å². The number of hydrogen-bond acceptors (Lipinski definition) is 4. The summed E-state index contributed by atoms with van der Waals surface area (Å²) in [6, 6.07) is 12.0. The zero-order valence-electron chi connectivity index (χ0n) is 14.3. The van der Waals surface area contributed by atoms with E-state index in [4.69, 9.17) is 4.42 Å². The van der Waals surface area contributed by atoms with E-state index in [0.29, 0.717) is 18.4 Å². The van der Waals surface area contributed by atoms with Crippen molar-refractivity contribution in [1.82, 2.24) is 9.88 Å². The molecule has 0 N–H and O–H groups in total. The van der Waals surface area contributed by atoms with Crippen molar-refractivity contribution >= 4 is 33.5 Å². The monoisotopic (exact) mass is 352 g/mol. The smallest absolute Gasteiger partial charge is 0.246 e. The summed E-state index contributed by atoms with van der Waals surface area (Å²) in [5.41, 5.74) is 0.983. The number of para-hydroxylation sites is 1. The molecule has 0 aliphatic heterocycles. The van der Waals surface area contributed by atoms with Crippen LogP contribution in [0.15, 0.2) is 46.9 Å². The third kappa shape index (κ3) is 3.51. The van der Waals surface area contributed by atoms with Crippen LogP contribution in [0.1, 0.15) is 35.8 Å². The van der Waals surface area contributed by atoms with Crippen LogP contribution in [-0.4, -0.2) is 22.8 Å². The summed E-state index contributed by atoms with van der Waals surface area (Å²) in [4.78, 5) is 18.6. The van der Waals surface area contributed by atoms with E-state index >= 15 is 0 Å². The third-order valence-electron chi connectivity index (χ3n) is 4.60.